The minimum Gasteiger partial charge on any atom is -0.480 e. The van der Waals surface area contributed by atoms with Crippen LogP contribution in [0.25, 0.3) is 0 Å². The fraction of sp³-hybridized carbons (Fsp3) is 0.800. The lowest BCUT2D eigenvalue weighted by molar-refractivity contribution is -0.147. The van der Waals surface area contributed by atoms with Crippen LogP contribution < -0.4 is 5.32 Å². The van der Waals surface area contributed by atoms with Gasteiger partial charge in [0.2, 0.25) is 5.91 Å². The minimum absolute atomic E-state index is 0.137. The van der Waals surface area contributed by atoms with E-state index in [1.165, 1.54) is 96.3 Å². The molecule has 57 heavy (non-hydrogen) atoms. The third-order valence-electron chi connectivity index (χ3n) is 9.68. The van der Waals surface area contributed by atoms with Crippen LogP contribution in [0.2, 0.25) is 0 Å². The van der Waals surface area contributed by atoms with Crippen molar-refractivity contribution in [2.24, 2.45) is 0 Å². The number of esters is 1. The second-order valence-electron chi connectivity index (χ2n) is 15.2. The molecule has 0 aromatic rings. The van der Waals surface area contributed by atoms with Crippen LogP contribution in [0.1, 0.15) is 200 Å². The number of carbonyl (C=O) groups is 3. The molecule has 0 aromatic heterocycles. The van der Waals surface area contributed by atoms with Crippen LogP contribution in [0.5, 0.6) is 0 Å². The number of unbranched alkanes of at least 4 members (excludes halogenated alkanes) is 22. The fourth-order valence-corrected chi connectivity index (χ4v) is 6.92. The number of nitrogens with one attached hydrogen (secondary N) is 1. The molecule has 0 fully saturated rings. The molecule has 3 unspecified atom stereocenters. The monoisotopic (exact) mass is 828 g/mol. The van der Waals surface area contributed by atoms with Crippen molar-refractivity contribution in [2.75, 3.05) is 19.8 Å². The smallest absolute Gasteiger partial charge is 0.472 e. The molecule has 12 heteroatoms. The number of hydrogen-bond acceptors (Lipinski definition) is 8. The Balaban J connectivity index is 3.90. The SMILES string of the molecule is CCCCC/C=C\C/C=C\C/C=C\CCCCCCCCCCC(=O)NC(COP(=O)(O)OCC(O)COC(=O)CCCCCCCCCCCCCC)C(=O)O. The number of ether oxygens (including phenoxy) is 1. The third-order valence-corrected chi connectivity index (χ3v) is 10.6. The molecule has 0 saturated carbocycles. The van der Waals surface area contributed by atoms with E-state index in [0.717, 1.165) is 64.2 Å². The van der Waals surface area contributed by atoms with Crippen LogP contribution in [0, 0.1) is 0 Å². The van der Waals surface area contributed by atoms with Gasteiger partial charge in [0, 0.05) is 12.8 Å². The second kappa shape index (κ2) is 40.5. The summed E-state index contributed by atoms with van der Waals surface area (Å²) >= 11 is 0. The fourth-order valence-electron chi connectivity index (χ4n) is 6.15. The van der Waals surface area contributed by atoms with Gasteiger partial charge in [0.05, 0.1) is 13.2 Å². The minimum atomic E-state index is -4.76. The highest BCUT2D eigenvalue weighted by atomic mass is 31.2. The number of carboxylic acids is 1. The van der Waals surface area contributed by atoms with Crippen molar-refractivity contribution in [1.82, 2.24) is 5.32 Å². The number of carboxylic acid groups (broad SMARTS) is 1. The Labute approximate surface area is 346 Å². The summed E-state index contributed by atoms with van der Waals surface area (Å²) < 4.78 is 26.8. The Bertz CT molecular complexity index is 1110. The third kappa shape index (κ3) is 40.3. The molecule has 0 aromatic carbocycles. The number of phosphoric acid groups is 1. The van der Waals surface area contributed by atoms with Crippen LogP contribution in [0.15, 0.2) is 36.5 Å². The Morgan fingerprint density at radius 1 is 0.561 bits per heavy atom. The molecular weight excluding hydrogens is 745 g/mol. The molecule has 0 radical (unpaired) electrons. The normalized spacial score (nSPS) is 14.0. The standard InChI is InChI=1S/C45H82NO10P/c1-3-5-7-9-11-13-15-17-18-19-20-21-22-23-24-25-26-28-30-32-34-36-43(48)46-42(45(50)51)40-56-57(52,53)55-39-41(47)38-54-44(49)37-35-33-31-29-27-16-14-12-10-8-6-4-2/h11,13,17-18,20-21,41-42,47H,3-10,12,14-16,19,22-40H2,1-2H3,(H,46,48)(H,50,51)(H,52,53)/b13-11-,18-17-,21-20-. The number of rotatable bonds is 42. The Kier molecular flexibility index (Phi) is 38.8. The number of hydrogen-bond donors (Lipinski definition) is 4. The van der Waals surface area contributed by atoms with Gasteiger partial charge in [0.1, 0.15) is 12.7 Å². The highest BCUT2D eigenvalue weighted by molar-refractivity contribution is 7.47. The Hall–Kier alpha value is -2.30. The summed E-state index contributed by atoms with van der Waals surface area (Å²) in [7, 11) is -4.76. The van der Waals surface area contributed by atoms with E-state index in [2.05, 4.69) is 55.6 Å². The van der Waals surface area contributed by atoms with Gasteiger partial charge in [-0.25, -0.2) is 9.36 Å². The van der Waals surface area contributed by atoms with Gasteiger partial charge in [0.15, 0.2) is 6.04 Å². The molecule has 11 nitrogen and oxygen atoms in total. The van der Waals surface area contributed by atoms with Crippen molar-refractivity contribution in [3.8, 4) is 0 Å². The Morgan fingerprint density at radius 2 is 0.965 bits per heavy atom. The van der Waals surface area contributed by atoms with Crippen LogP contribution in [0.4, 0.5) is 0 Å². The molecule has 0 aliphatic rings. The summed E-state index contributed by atoms with van der Waals surface area (Å²) in [6.07, 6.45) is 43.0. The molecule has 1 amide bonds. The van der Waals surface area contributed by atoms with Crippen molar-refractivity contribution in [3.63, 3.8) is 0 Å². The van der Waals surface area contributed by atoms with Gasteiger partial charge in [-0.15, -0.1) is 0 Å². The number of phosphoric ester groups is 1. The maximum Gasteiger partial charge on any atom is 0.472 e. The molecule has 0 rings (SSSR count). The summed E-state index contributed by atoms with van der Waals surface area (Å²) in [5.41, 5.74) is 0. The van der Waals surface area contributed by atoms with E-state index in [1.807, 2.05) is 0 Å². The molecule has 0 aliphatic carbocycles. The molecule has 0 heterocycles. The van der Waals surface area contributed by atoms with Gasteiger partial charge >= 0.3 is 19.8 Å². The van der Waals surface area contributed by atoms with Gasteiger partial charge in [-0.1, -0.05) is 172 Å². The first-order chi connectivity index (χ1) is 27.6. The maximum absolute atomic E-state index is 12.3. The van der Waals surface area contributed by atoms with E-state index in [9.17, 15) is 34.1 Å². The van der Waals surface area contributed by atoms with Gasteiger partial charge in [0.25, 0.3) is 0 Å². The number of aliphatic carboxylic acids is 1. The van der Waals surface area contributed by atoms with Crippen LogP contribution >= 0.6 is 7.82 Å². The second-order valence-corrected chi connectivity index (χ2v) is 16.7. The predicted molar refractivity (Wildman–Crippen MR) is 231 cm³/mol. The van der Waals surface area contributed by atoms with Crippen LogP contribution in [-0.2, 0) is 32.7 Å². The van der Waals surface area contributed by atoms with Crippen molar-refractivity contribution < 1.29 is 47.8 Å². The molecule has 0 spiro atoms. The number of aliphatic hydroxyl groups is 1. The zero-order valence-corrected chi connectivity index (χ0v) is 36.8. The average molecular weight is 828 g/mol. The highest BCUT2D eigenvalue weighted by Gasteiger charge is 2.28. The molecule has 4 N–H and O–H groups in total. The lowest BCUT2D eigenvalue weighted by Crippen LogP contribution is -2.43. The quantitative estimate of drug-likeness (QED) is 0.0201. The van der Waals surface area contributed by atoms with Gasteiger partial charge < -0.3 is 25.2 Å². The number of aliphatic hydroxyl groups excluding tert-OH is 1. The summed E-state index contributed by atoms with van der Waals surface area (Å²) in [5.74, 6) is -2.38. The topological polar surface area (TPSA) is 169 Å². The van der Waals surface area contributed by atoms with Crippen molar-refractivity contribution >= 4 is 25.7 Å². The highest BCUT2D eigenvalue weighted by Crippen LogP contribution is 2.43. The zero-order valence-electron chi connectivity index (χ0n) is 35.9. The van der Waals surface area contributed by atoms with E-state index in [4.69, 9.17) is 13.8 Å². The van der Waals surface area contributed by atoms with E-state index >= 15 is 0 Å². The van der Waals surface area contributed by atoms with Crippen LogP contribution in [0.3, 0.4) is 0 Å². The van der Waals surface area contributed by atoms with E-state index in [0.29, 0.717) is 12.8 Å². The molecule has 332 valence electrons. The number of carbonyl (C=O) groups excluding carboxylic acids is 2. The first kappa shape index (κ1) is 54.7. The Morgan fingerprint density at radius 3 is 1.47 bits per heavy atom. The van der Waals surface area contributed by atoms with Gasteiger partial charge in [-0.05, 0) is 51.4 Å². The van der Waals surface area contributed by atoms with E-state index in [-0.39, 0.29) is 12.8 Å². The molecular formula is C45H82NO10P. The number of amides is 1. The van der Waals surface area contributed by atoms with Crippen molar-refractivity contribution in [1.29, 1.82) is 0 Å². The lowest BCUT2D eigenvalue weighted by atomic mass is 10.0. The van der Waals surface area contributed by atoms with Gasteiger partial charge in [-0.2, -0.15) is 0 Å². The average Bonchev–Trinajstić information content (AvgIpc) is 3.18. The molecule has 0 bridgehead atoms. The van der Waals surface area contributed by atoms with Crippen molar-refractivity contribution in [2.45, 2.75) is 212 Å². The molecule has 0 saturated heterocycles. The summed E-state index contributed by atoms with van der Waals surface area (Å²) in [6, 6.07) is -1.55. The molecule has 3 atom stereocenters. The first-order valence-corrected chi connectivity index (χ1v) is 24.0. The van der Waals surface area contributed by atoms with Gasteiger partial charge in [-0.3, -0.25) is 18.6 Å². The van der Waals surface area contributed by atoms with E-state index < -0.39 is 57.6 Å². The maximum atomic E-state index is 12.3. The number of allylic oxidation sites excluding steroid dienone is 6. The summed E-state index contributed by atoms with van der Waals surface area (Å²) in [5, 5.41) is 21.8. The zero-order chi connectivity index (χ0) is 42.1. The molecule has 0 aliphatic heterocycles. The predicted octanol–water partition coefficient (Wildman–Crippen LogP) is 11.6. The summed E-state index contributed by atoms with van der Waals surface area (Å²) in [6.45, 7) is 2.56. The largest absolute Gasteiger partial charge is 0.480 e. The first-order valence-electron chi connectivity index (χ1n) is 22.5. The summed E-state index contributed by atoms with van der Waals surface area (Å²) in [4.78, 5) is 45.9. The lowest BCUT2D eigenvalue weighted by Gasteiger charge is -2.18. The van der Waals surface area contributed by atoms with Crippen molar-refractivity contribution in [3.05, 3.63) is 36.5 Å². The van der Waals surface area contributed by atoms with Crippen LogP contribution in [-0.4, -0.2) is 64.9 Å². The van der Waals surface area contributed by atoms with E-state index in [1.54, 1.807) is 0 Å².